The van der Waals surface area contributed by atoms with E-state index in [1.807, 2.05) is 0 Å². The highest BCUT2D eigenvalue weighted by atomic mass is 14.4. The lowest BCUT2D eigenvalue weighted by Crippen LogP contribution is -2.15. The summed E-state index contributed by atoms with van der Waals surface area (Å²) in [7, 11) is 0. The zero-order valence-corrected chi connectivity index (χ0v) is 29.0. The zero-order valence-electron chi connectivity index (χ0n) is 29.0. The van der Waals surface area contributed by atoms with Crippen molar-refractivity contribution >= 4 is 10.8 Å². The maximum atomic E-state index is 2.57. The average molecular weight is 631 g/mol. The number of hydrogen-bond donors (Lipinski definition) is 0. The summed E-state index contributed by atoms with van der Waals surface area (Å²) in [5, 5.41) is 2.77. The first-order valence-electron chi connectivity index (χ1n) is 17.9. The summed E-state index contributed by atoms with van der Waals surface area (Å²) in [5.74, 6) is 0.327. The van der Waals surface area contributed by atoms with E-state index in [9.17, 15) is 0 Å². The molecule has 0 radical (unpaired) electrons. The van der Waals surface area contributed by atoms with Gasteiger partial charge in [-0.05, 0) is 122 Å². The van der Waals surface area contributed by atoms with Gasteiger partial charge < -0.3 is 0 Å². The highest BCUT2D eigenvalue weighted by Gasteiger charge is 2.37. The third-order valence-electron chi connectivity index (χ3n) is 11.4. The summed E-state index contributed by atoms with van der Waals surface area (Å²) in [6, 6.07) is 53.1. The van der Waals surface area contributed by atoms with Gasteiger partial charge in [0, 0.05) is 11.3 Å². The molecule has 0 amide bonds. The summed E-state index contributed by atoms with van der Waals surface area (Å²) in [5.41, 5.74) is 20.8. The third kappa shape index (κ3) is 4.96. The van der Waals surface area contributed by atoms with E-state index in [4.69, 9.17) is 0 Å². The summed E-state index contributed by atoms with van der Waals surface area (Å²) < 4.78 is 0. The van der Waals surface area contributed by atoms with Crippen molar-refractivity contribution in [1.29, 1.82) is 0 Å². The van der Waals surface area contributed by atoms with E-state index in [-0.39, 0.29) is 5.41 Å². The van der Waals surface area contributed by atoms with Crippen molar-refractivity contribution in [3.05, 3.63) is 190 Å². The van der Waals surface area contributed by atoms with Gasteiger partial charge in [-0.3, -0.25) is 0 Å². The van der Waals surface area contributed by atoms with Crippen LogP contribution < -0.4 is 0 Å². The van der Waals surface area contributed by atoms with Crippen molar-refractivity contribution in [3.63, 3.8) is 0 Å². The van der Waals surface area contributed by atoms with Crippen molar-refractivity contribution in [1.82, 2.24) is 0 Å². The maximum Gasteiger partial charge on any atom is 0.0159 e. The molecule has 0 fully saturated rings. The Morgan fingerprint density at radius 1 is 0.531 bits per heavy atom. The summed E-state index contributed by atoms with van der Waals surface area (Å²) in [6.45, 7) is 9.25. The number of rotatable bonds is 6. The predicted octanol–water partition coefficient (Wildman–Crippen LogP) is 12.8. The molecule has 0 aliphatic heterocycles. The van der Waals surface area contributed by atoms with Gasteiger partial charge in [0.2, 0.25) is 0 Å². The first kappa shape index (κ1) is 29.9. The fourth-order valence-electron chi connectivity index (χ4n) is 9.08. The summed E-state index contributed by atoms with van der Waals surface area (Å²) >= 11 is 0. The van der Waals surface area contributed by atoms with Gasteiger partial charge in [-0.15, -0.1) is 0 Å². The van der Waals surface area contributed by atoms with Crippen molar-refractivity contribution in [2.75, 3.05) is 0 Å². The predicted molar refractivity (Wildman–Crippen MR) is 208 cm³/mol. The van der Waals surface area contributed by atoms with E-state index in [0.717, 1.165) is 19.3 Å². The second-order valence-electron chi connectivity index (χ2n) is 15.0. The molecule has 49 heavy (non-hydrogen) atoms. The molecule has 0 saturated heterocycles. The molecule has 0 bridgehead atoms. The van der Waals surface area contributed by atoms with Crippen LogP contribution in [-0.2, 0) is 18.3 Å². The molecule has 238 valence electrons. The van der Waals surface area contributed by atoms with Crippen LogP contribution in [0.3, 0.4) is 0 Å². The molecular weight excluding hydrogens is 589 g/mol. The van der Waals surface area contributed by atoms with Crippen LogP contribution in [0.1, 0.15) is 76.3 Å². The SMILES string of the molecule is Cc1cc(C)cc(-c2ccc3c(c2)C(C)(C)c2cc(CCC(c4ccccc4)c4ccc5c(c4)Cc4ccccc4-5)c4ccccc4c2-3)c1. The van der Waals surface area contributed by atoms with Gasteiger partial charge in [0.15, 0.2) is 0 Å². The highest BCUT2D eigenvalue weighted by Crippen LogP contribution is 2.53. The molecule has 7 aromatic rings. The minimum atomic E-state index is -0.0911. The van der Waals surface area contributed by atoms with Crippen molar-refractivity contribution < 1.29 is 0 Å². The van der Waals surface area contributed by atoms with Gasteiger partial charge >= 0.3 is 0 Å². The van der Waals surface area contributed by atoms with E-state index in [1.54, 1.807) is 0 Å². The molecular formula is C49H42. The molecule has 9 rings (SSSR count). The van der Waals surface area contributed by atoms with Crippen LogP contribution >= 0.6 is 0 Å². The molecule has 0 heterocycles. The van der Waals surface area contributed by atoms with Crippen molar-refractivity contribution in [2.45, 2.75) is 58.3 Å². The van der Waals surface area contributed by atoms with Crippen LogP contribution in [-0.4, -0.2) is 0 Å². The largest absolute Gasteiger partial charge is 0.0622 e. The van der Waals surface area contributed by atoms with Gasteiger partial charge in [-0.2, -0.15) is 0 Å². The molecule has 2 aliphatic rings. The van der Waals surface area contributed by atoms with Crippen LogP contribution in [0.2, 0.25) is 0 Å². The fraction of sp³-hybridized carbons (Fsp3) is 0.184. The second kappa shape index (κ2) is 11.5. The third-order valence-corrected chi connectivity index (χ3v) is 11.4. The molecule has 1 unspecified atom stereocenters. The minimum absolute atomic E-state index is 0.0911. The van der Waals surface area contributed by atoms with E-state index >= 15 is 0 Å². The lowest BCUT2D eigenvalue weighted by Gasteiger charge is -2.24. The fourth-order valence-corrected chi connectivity index (χ4v) is 9.08. The number of hydrogen-bond acceptors (Lipinski definition) is 0. The number of benzene rings is 7. The van der Waals surface area contributed by atoms with E-state index in [1.165, 1.54) is 94.2 Å². The molecule has 0 aromatic heterocycles. The number of aryl methyl sites for hydroxylation is 3. The van der Waals surface area contributed by atoms with Gasteiger partial charge in [-0.25, -0.2) is 0 Å². The molecule has 0 heteroatoms. The van der Waals surface area contributed by atoms with Gasteiger partial charge in [-0.1, -0.05) is 158 Å². The summed E-state index contributed by atoms with van der Waals surface area (Å²) in [6.07, 6.45) is 3.10. The lowest BCUT2D eigenvalue weighted by atomic mass is 9.79. The first-order valence-corrected chi connectivity index (χ1v) is 17.9. The Morgan fingerprint density at radius 2 is 1.22 bits per heavy atom. The van der Waals surface area contributed by atoms with Crippen molar-refractivity contribution in [2.24, 2.45) is 0 Å². The van der Waals surface area contributed by atoms with Crippen LogP contribution in [0.5, 0.6) is 0 Å². The Bertz CT molecular complexity index is 2380. The molecule has 7 aromatic carbocycles. The Hall–Kier alpha value is -5.20. The topological polar surface area (TPSA) is 0 Å². The zero-order chi connectivity index (χ0) is 33.3. The Balaban J connectivity index is 1.11. The van der Waals surface area contributed by atoms with E-state index < -0.39 is 0 Å². The Morgan fingerprint density at radius 3 is 2.04 bits per heavy atom. The quantitative estimate of drug-likeness (QED) is 0.171. The first-order chi connectivity index (χ1) is 23.8. The van der Waals surface area contributed by atoms with Crippen LogP contribution in [0.4, 0.5) is 0 Å². The van der Waals surface area contributed by atoms with Gasteiger partial charge in [0.25, 0.3) is 0 Å². The molecule has 2 aliphatic carbocycles. The van der Waals surface area contributed by atoms with E-state index in [2.05, 4.69) is 167 Å². The Labute approximate surface area is 291 Å². The lowest BCUT2D eigenvalue weighted by molar-refractivity contribution is 0.658. The smallest absolute Gasteiger partial charge is 0.0159 e. The molecule has 1 atom stereocenters. The molecule has 0 spiro atoms. The van der Waals surface area contributed by atoms with Crippen molar-refractivity contribution in [3.8, 4) is 33.4 Å². The normalized spacial score (nSPS) is 14.3. The standard InChI is InChI=1S/C49H42/c1-31-24-32(2)26-38(25-31)34-18-23-45-46(29-34)49(3,4)47-30-37(42-16-10-11-17-44(42)48(45)47)19-21-40(33-12-6-5-7-13-33)36-20-22-43-39(28-36)27-35-14-8-9-15-41(35)43/h5-18,20,22-26,28-30,40H,19,21,27H2,1-4H3. The Kier molecular flexibility index (Phi) is 6.99. The van der Waals surface area contributed by atoms with Crippen LogP contribution in [0.15, 0.2) is 140 Å². The minimum Gasteiger partial charge on any atom is -0.0622 e. The maximum absolute atomic E-state index is 2.57. The van der Waals surface area contributed by atoms with E-state index in [0.29, 0.717) is 5.92 Å². The highest BCUT2D eigenvalue weighted by molar-refractivity contribution is 6.04. The molecule has 0 nitrogen and oxygen atoms in total. The molecule has 0 N–H and O–H groups in total. The average Bonchev–Trinajstić information content (AvgIpc) is 3.59. The summed E-state index contributed by atoms with van der Waals surface area (Å²) in [4.78, 5) is 0. The molecule has 0 saturated carbocycles. The monoisotopic (exact) mass is 630 g/mol. The van der Waals surface area contributed by atoms with Gasteiger partial charge in [0.05, 0.1) is 0 Å². The van der Waals surface area contributed by atoms with Crippen LogP contribution in [0.25, 0.3) is 44.2 Å². The van der Waals surface area contributed by atoms with Gasteiger partial charge in [0.1, 0.15) is 0 Å². The number of fused-ring (bicyclic) bond motifs is 8. The van der Waals surface area contributed by atoms with Crippen LogP contribution in [0, 0.1) is 13.8 Å². The second-order valence-corrected chi connectivity index (χ2v) is 15.0.